The predicted octanol–water partition coefficient (Wildman–Crippen LogP) is 3.74. The Bertz CT molecular complexity index is 994. The lowest BCUT2D eigenvalue weighted by molar-refractivity contribution is -0.116. The van der Waals surface area contributed by atoms with E-state index in [9.17, 15) is 9.59 Å². The van der Waals surface area contributed by atoms with Crippen LogP contribution in [0.2, 0.25) is 0 Å². The zero-order valence-electron chi connectivity index (χ0n) is 14.3. The summed E-state index contributed by atoms with van der Waals surface area (Å²) in [4.78, 5) is 24.9. The normalized spacial score (nSPS) is 12.7. The number of ether oxygens (including phenoxy) is 1. The number of hydrogen-bond donors (Lipinski definition) is 1. The molecule has 1 N–H and O–H groups in total. The number of para-hydroxylation sites is 2. The Hall–Kier alpha value is -3.34. The summed E-state index contributed by atoms with van der Waals surface area (Å²) in [6.07, 6.45) is 1.66. The van der Waals surface area contributed by atoms with Crippen LogP contribution in [0, 0.1) is 0 Å². The molecule has 0 atom stereocenters. The molecule has 1 aliphatic heterocycles. The summed E-state index contributed by atoms with van der Waals surface area (Å²) in [5.41, 5.74) is 2.16. The van der Waals surface area contributed by atoms with Gasteiger partial charge in [0.25, 0.3) is 5.56 Å². The number of aryl methyl sites for hydroxylation is 1. The van der Waals surface area contributed by atoms with E-state index in [2.05, 4.69) is 5.32 Å². The van der Waals surface area contributed by atoms with Crippen LogP contribution in [-0.2, 0) is 11.3 Å². The molecule has 0 bridgehead atoms. The molecule has 0 unspecified atom stereocenters. The highest BCUT2D eigenvalue weighted by molar-refractivity contribution is 5.99. The summed E-state index contributed by atoms with van der Waals surface area (Å²) >= 11 is 0. The van der Waals surface area contributed by atoms with Gasteiger partial charge in [-0.1, -0.05) is 36.4 Å². The minimum Gasteiger partial charge on any atom is -0.457 e. The van der Waals surface area contributed by atoms with Crippen molar-refractivity contribution in [2.24, 2.45) is 0 Å². The smallest absolute Gasteiger partial charge is 0.250 e. The zero-order chi connectivity index (χ0) is 18.1. The van der Waals surface area contributed by atoms with Gasteiger partial charge in [0.15, 0.2) is 0 Å². The van der Waals surface area contributed by atoms with Crippen LogP contribution in [0.4, 0.5) is 5.69 Å². The molecule has 5 nitrogen and oxygen atoms in total. The quantitative estimate of drug-likeness (QED) is 0.786. The van der Waals surface area contributed by atoms with Crippen LogP contribution in [0.1, 0.15) is 24.0 Å². The molecule has 4 rings (SSSR count). The Balaban J connectivity index is 1.73. The first-order valence-corrected chi connectivity index (χ1v) is 8.54. The molecule has 5 heteroatoms. The Morgan fingerprint density at radius 3 is 2.23 bits per heavy atom. The zero-order valence-corrected chi connectivity index (χ0v) is 14.3. The minimum atomic E-state index is -0.474. The number of fused-ring (bicyclic) bond motifs is 2. The first kappa shape index (κ1) is 16.1. The summed E-state index contributed by atoms with van der Waals surface area (Å²) in [5, 5.41) is 2.94. The van der Waals surface area contributed by atoms with Crippen LogP contribution in [0.15, 0.2) is 71.7 Å². The van der Waals surface area contributed by atoms with Crippen LogP contribution in [-0.4, -0.2) is 10.5 Å². The molecule has 1 aliphatic rings. The standard InChI is InChI=1S/C21H18N2O3/c1-2-23-13-14(11-12-19(23)24)22-21(25)20-15-7-3-5-9-17(15)26-18-10-6-4-8-16(18)20/h3-13,20H,2H2,1H3,(H,22,25). The van der Waals surface area contributed by atoms with Gasteiger partial charge in [0.1, 0.15) is 11.5 Å². The summed E-state index contributed by atoms with van der Waals surface area (Å²) in [6, 6.07) is 18.2. The minimum absolute atomic E-state index is 0.0905. The number of anilines is 1. The number of nitrogens with one attached hydrogen (secondary N) is 1. The molecule has 0 spiro atoms. The first-order valence-electron chi connectivity index (χ1n) is 8.54. The molecule has 3 aromatic rings. The summed E-state index contributed by atoms with van der Waals surface area (Å²) < 4.78 is 7.49. The topological polar surface area (TPSA) is 60.3 Å². The van der Waals surface area contributed by atoms with Crippen molar-refractivity contribution in [2.45, 2.75) is 19.4 Å². The molecule has 1 aromatic heterocycles. The third kappa shape index (κ3) is 2.77. The molecular weight excluding hydrogens is 328 g/mol. The van der Waals surface area contributed by atoms with Crippen molar-refractivity contribution < 1.29 is 9.53 Å². The van der Waals surface area contributed by atoms with Crippen LogP contribution in [0.5, 0.6) is 11.5 Å². The Morgan fingerprint density at radius 1 is 1.00 bits per heavy atom. The van der Waals surface area contributed by atoms with E-state index in [1.807, 2.05) is 55.5 Å². The van der Waals surface area contributed by atoms with E-state index in [0.29, 0.717) is 23.7 Å². The number of benzene rings is 2. The summed E-state index contributed by atoms with van der Waals surface area (Å²) in [6.45, 7) is 2.43. The van der Waals surface area contributed by atoms with E-state index in [4.69, 9.17) is 4.74 Å². The average molecular weight is 346 g/mol. The van der Waals surface area contributed by atoms with Gasteiger partial charge in [-0.2, -0.15) is 0 Å². The van der Waals surface area contributed by atoms with Gasteiger partial charge in [-0.05, 0) is 25.1 Å². The molecule has 0 aliphatic carbocycles. The lowest BCUT2D eigenvalue weighted by Gasteiger charge is -2.27. The molecule has 26 heavy (non-hydrogen) atoms. The highest BCUT2D eigenvalue weighted by atomic mass is 16.5. The SMILES string of the molecule is CCn1cc(NC(=O)C2c3ccccc3Oc3ccccc32)ccc1=O. The molecule has 1 amide bonds. The molecular formula is C21H18N2O3. The Morgan fingerprint density at radius 2 is 1.62 bits per heavy atom. The molecule has 0 fully saturated rings. The number of nitrogens with zero attached hydrogens (tertiary/aromatic N) is 1. The van der Waals surface area contributed by atoms with Gasteiger partial charge in [0, 0.05) is 29.9 Å². The highest BCUT2D eigenvalue weighted by Crippen LogP contribution is 2.44. The number of hydrogen-bond acceptors (Lipinski definition) is 3. The maximum absolute atomic E-state index is 13.1. The van der Waals surface area contributed by atoms with E-state index in [1.54, 1.807) is 16.8 Å². The van der Waals surface area contributed by atoms with Gasteiger partial charge in [-0.25, -0.2) is 0 Å². The molecule has 0 radical (unpaired) electrons. The average Bonchev–Trinajstić information content (AvgIpc) is 2.67. The van der Waals surface area contributed by atoms with Gasteiger partial charge in [-0.15, -0.1) is 0 Å². The van der Waals surface area contributed by atoms with Crippen LogP contribution in [0.3, 0.4) is 0 Å². The molecule has 2 heterocycles. The molecule has 130 valence electrons. The summed E-state index contributed by atoms with van der Waals surface area (Å²) in [7, 11) is 0. The van der Waals surface area contributed by atoms with Crippen LogP contribution < -0.4 is 15.6 Å². The fourth-order valence-corrected chi connectivity index (χ4v) is 3.26. The summed E-state index contributed by atoms with van der Waals surface area (Å²) in [5.74, 6) is 0.738. The monoisotopic (exact) mass is 346 g/mol. The molecule has 2 aromatic carbocycles. The number of carbonyl (C=O) groups excluding carboxylic acids is 1. The van der Waals surface area contributed by atoms with E-state index in [-0.39, 0.29) is 11.5 Å². The lowest BCUT2D eigenvalue weighted by atomic mass is 9.87. The van der Waals surface area contributed by atoms with Crippen molar-refractivity contribution >= 4 is 11.6 Å². The molecule has 0 saturated heterocycles. The number of aromatic nitrogens is 1. The largest absolute Gasteiger partial charge is 0.457 e. The van der Waals surface area contributed by atoms with Gasteiger partial charge in [-0.3, -0.25) is 9.59 Å². The number of carbonyl (C=O) groups is 1. The van der Waals surface area contributed by atoms with Crippen molar-refractivity contribution in [3.63, 3.8) is 0 Å². The predicted molar refractivity (Wildman–Crippen MR) is 99.8 cm³/mol. The highest BCUT2D eigenvalue weighted by Gasteiger charge is 2.32. The second-order valence-electron chi connectivity index (χ2n) is 6.14. The van der Waals surface area contributed by atoms with E-state index in [0.717, 1.165) is 11.1 Å². The van der Waals surface area contributed by atoms with Crippen molar-refractivity contribution in [3.05, 3.63) is 88.3 Å². The van der Waals surface area contributed by atoms with Gasteiger partial charge in [0.05, 0.1) is 11.6 Å². The van der Waals surface area contributed by atoms with E-state index >= 15 is 0 Å². The third-order valence-electron chi connectivity index (χ3n) is 4.53. The van der Waals surface area contributed by atoms with Gasteiger partial charge >= 0.3 is 0 Å². The lowest BCUT2D eigenvalue weighted by Crippen LogP contribution is -2.26. The fourth-order valence-electron chi connectivity index (χ4n) is 3.26. The Labute approximate surface area is 150 Å². The molecule has 0 saturated carbocycles. The number of pyridine rings is 1. The van der Waals surface area contributed by atoms with Crippen molar-refractivity contribution in [3.8, 4) is 11.5 Å². The van der Waals surface area contributed by atoms with Gasteiger partial charge in [0.2, 0.25) is 5.91 Å². The second kappa shape index (κ2) is 6.52. The third-order valence-corrected chi connectivity index (χ3v) is 4.53. The number of rotatable bonds is 3. The van der Waals surface area contributed by atoms with Gasteiger partial charge < -0.3 is 14.6 Å². The fraction of sp³-hybridized carbons (Fsp3) is 0.143. The van der Waals surface area contributed by atoms with E-state index < -0.39 is 5.92 Å². The number of amides is 1. The van der Waals surface area contributed by atoms with Crippen LogP contribution >= 0.6 is 0 Å². The van der Waals surface area contributed by atoms with E-state index in [1.165, 1.54) is 6.07 Å². The Kier molecular flexibility index (Phi) is 4.05. The van der Waals surface area contributed by atoms with Crippen molar-refractivity contribution in [1.29, 1.82) is 0 Å². The van der Waals surface area contributed by atoms with Crippen LogP contribution in [0.25, 0.3) is 0 Å². The maximum atomic E-state index is 13.1. The van der Waals surface area contributed by atoms with Crippen molar-refractivity contribution in [2.75, 3.05) is 5.32 Å². The first-order chi connectivity index (χ1) is 12.7. The van der Waals surface area contributed by atoms with Crippen molar-refractivity contribution in [1.82, 2.24) is 4.57 Å². The maximum Gasteiger partial charge on any atom is 0.250 e. The second-order valence-corrected chi connectivity index (χ2v) is 6.14.